The van der Waals surface area contributed by atoms with Crippen molar-refractivity contribution in [2.45, 2.75) is 39.8 Å². The molecule has 0 saturated carbocycles. The third-order valence-electron chi connectivity index (χ3n) is 2.83. The zero-order valence-corrected chi connectivity index (χ0v) is 9.90. The van der Waals surface area contributed by atoms with Crippen LogP contribution in [-0.4, -0.2) is 17.6 Å². The Kier molecular flexibility index (Phi) is 4.56. The van der Waals surface area contributed by atoms with Gasteiger partial charge in [0.25, 0.3) is 0 Å². The SMILES string of the molecule is CCC(C)N(CC)c1cccnc1CN. The van der Waals surface area contributed by atoms with E-state index >= 15 is 0 Å². The van der Waals surface area contributed by atoms with Gasteiger partial charge in [0.15, 0.2) is 0 Å². The van der Waals surface area contributed by atoms with Crippen molar-refractivity contribution in [1.82, 2.24) is 4.98 Å². The van der Waals surface area contributed by atoms with Crippen LogP contribution in [-0.2, 0) is 6.54 Å². The van der Waals surface area contributed by atoms with Crippen molar-refractivity contribution in [3.63, 3.8) is 0 Å². The Balaban J connectivity index is 3.00. The fourth-order valence-corrected chi connectivity index (χ4v) is 1.79. The van der Waals surface area contributed by atoms with Gasteiger partial charge in [-0.2, -0.15) is 0 Å². The van der Waals surface area contributed by atoms with E-state index in [1.165, 1.54) is 5.69 Å². The van der Waals surface area contributed by atoms with E-state index in [1.807, 2.05) is 6.07 Å². The van der Waals surface area contributed by atoms with Gasteiger partial charge >= 0.3 is 0 Å². The zero-order valence-electron chi connectivity index (χ0n) is 9.90. The van der Waals surface area contributed by atoms with Gasteiger partial charge in [-0.15, -0.1) is 0 Å². The molecule has 0 aliphatic carbocycles. The summed E-state index contributed by atoms with van der Waals surface area (Å²) in [7, 11) is 0. The molecule has 1 atom stereocenters. The van der Waals surface area contributed by atoms with E-state index < -0.39 is 0 Å². The summed E-state index contributed by atoms with van der Waals surface area (Å²) in [6, 6.07) is 4.61. The van der Waals surface area contributed by atoms with Crippen LogP contribution in [0.15, 0.2) is 18.3 Å². The van der Waals surface area contributed by atoms with Crippen molar-refractivity contribution >= 4 is 5.69 Å². The van der Waals surface area contributed by atoms with E-state index in [0.717, 1.165) is 18.7 Å². The van der Waals surface area contributed by atoms with Gasteiger partial charge in [0.05, 0.1) is 11.4 Å². The Morgan fingerprint density at radius 1 is 1.47 bits per heavy atom. The second-order valence-corrected chi connectivity index (χ2v) is 3.72. The van der Waals surface area contributed by atoms with Crippen molar-refractivity contribution < 1.29 is 0 Å². The summed E-state index contributed by atoms with van der Waals surface area (Å²) in [6.07, 6.45) is 2.93. The molecule has 3 heteroatoms. The van der Waals surface area contributed by atoms with Crippen LogP contribution in [0.5, 0.6) is 0 Å². The van der Waals surface area contributed by atoms with Crippen LogP contribution in [0.2, 0.25) is 0 Å². The normalized spacial score (nSPS) is 12.5. The van der Waals surface area contributed by atoms with Crippen LogP contribution in [0.25, 0.3) is 0 Å². The molecule has 0 aromatic carbocycles. The second-order valence-electron chi connectivity index (χ2n) is 3.72. The van der Waals surface area contributed by atoms with Crippen molar-refractivity contribution in [3.05, 3.63) is 24.0 Å². The Hall–Kier alpha value is -1.09. The fraction of sp³-hybridized carbons (Fsp3) is 0.583. The summed E-state index contributed by atoms with van der Waals surface area (Å²) in [5.41, 5.74) is 7.86. The highest BCUT2D eigenvalue weighted by atomic mass is 15.2. The molecule has 0 amide bonds. The summed E-state index contributed by atoms with van der Waals surface area (Å²) in [4.78, 5) is 6.67. The molecule has 1 rings (SSSR count). The number of nitrogens with two attached hydrogens (primary N) is 1. The smallest absolute Gasteiger partial charge is 0.0772 e. The lowest BCUT2D eigenvalue weighted by Gasteiger charge is -2.30. The maximum atomic E-state index is 5.70. The largest absolute Gasteiger partial charge is 0.368 e. The molecular formula is C12H21N3. The highest BCUT2D eigenvalue weighted by Crippen LogP contribution is 2.21. The third-order valence-corrected chi connectivity index (χ3v) is 2.83. The molecule has 0 fully saturated rings. The van der Waals surface area contributed by atoms with Gasteiger partial charge in [-0.25, -0.2) is 0 Å². The van der Waals surface area contributed by atoms with Crippen LogP contribution in [0.1, 0.15) is 32.9 Å². The number of aromatic nitrogens is 1. The molecule has 84 valence electrons. The monoisotopic (exact) mass is 207 g/mol. The maximum absolute atomic E-state index is 5.70. The lowest BCUT2D eigenvalue weighted by molar-refractivity contribution is 0.625. The summed E-state index contributed by atoms with van der Waals surface area (Å²) in [6.45, 7) is 8.10. The van der Waals surface area contributed by atoms with Crippen LogP contribution >= 0.6 is 0 Å². The number of anilines is 1. The van der Waals surface area contributed by atoms with E-state index in [1.54, 1.807) is 6.20 Å². The van der Waals surface area contributed by atoms with Crippen molar-refractivity contribution in [2.75, 3.05) is 11.4 Å². The minimum Gasteiger partial charge on any atom is -0.368 e. The van der Waals surface area contributed by atoms with Gasteiger partial charge in [0.1, 0.15) is 0 Å². The average molecular weight is 207 g/mol. The Bertz CT molecular complexity index is 299. The molecule has 0 bridgehead atoms. The van der Waals surface area contributed by atoms with Gasteiger partial charge in [-0.05, 0) is 32.4 Å². The number of hydrogen-bond donors (Lipinski definition) is 1. The second kappa shape index (κ2) is 5.71. The molecule has 1 heterocycles. The third kappa shape index (κ3) is 2.69. The summed E-state index contributed by atoms with van der Waals surface area (Å²) >= 11 is 0. The number of nitrogens with zero attached hydrogens (tertiary/aromatic N) is 2. The molecule has 3 nitrogen and oxygen atoms in total. The lowest BCUT2D eigenvalue weighted by Crippen LogP contribution is -2.33. The predicted octanol–water partition coefficient (Wildman–Crippen LogP) is 2.17. The first-order chi connectivity index (χ1) is 7.24. The molecule has 1 unspecified atom stereocenters. The molecule has 0 saturated heterocycles. The zero-order chi connectivity index (χ0) is 11.3. The molecule has 0 spiro atoms. The number of hydrogen-bond acceptors (Lipinski definition) is 3. The van der Waals surface area contributed by atoms with Crippen LogP contribution in [0.4, 0.5) is 5.69 Å². The molecular weight excluding hydrogens is 186 g/mol. The minimum absolute atomic E-state index is 0.503. The predicted molar refractivity (Wildman–Crippen MR) is 64.9 cm³/mol. The number of pyridine rings is 1. The highest BCUT2D eigenvalue weighted by Gasteiger charge is 2.14. The van der Waals surface area contributed by atoms with E-state index in [2.05, 4.69) is 36.7 Å². The summed E-state index contributed by atoms with van der Waals surface area (Å²) in [5, 5.41) is 0. The molecule has 1 aromatic heterocycles. The standard InChI is InChI=1S/C12H21N3/c1-4-10(3)15(5-2)12-7-6-8-14-11(12)9-13/h6-8,10H,4-5,9,13H2,1-3H3. The van der Waals surface area contributed by atoms with E-state index in [0.29, 0.717) is 12.6 Å². The Labute approximate surface area is 92.3 Å². The molecule has 1 aromatic rings. The molecule has 0 aliphatic rings. The molecule has 15 heavy (non-hydrogen) atoms. The quantitative estimate of drug-likeness (QED) is 0.804. The minimum atomic E-state index is 0.503. The van der Waals surface area contributed by atoms with Crippen LogP contribution < -0.4 is 10.6 Å². The van der Waals surface area contributed by atoms with Gasteiger partial charge in [0.2, 0.25) is 0 Å². The van der Waals surface area contributed by atoms with Gasteiger partial charge in [-0.1, -0.05) is 6.92 Å². The Morgan fingerprint density at radius 2 is 2.20 bits per heavy atom. The van der Waals surface area contributed by atoms with Gasteiger partial charge in [-0.3, -0.25) is 4.98 Å². The van der Waals surface area contributed by atoms with E-state index in [4.69, 9.17) is 5.73 Å². The average Bonchev–Trinajstić information content (AvgIpc) is 2.30. The van der Waals surface area contributed by atoms with Crippen LogP contribution in [0, 0.1) is 0 Å². The van der Waals surface area contributed by atoms with Crippen molar-refractivity contribution in [3.8, 4) is 0 Å². The molecule has 0 aliphatic heterocycles. The first kappa shape index (κ1) is 12.0. The number of rotatable bonds is 5. The van der Waals surface area contributed by atoms with Crippen molar-refractivity contribution in [2.24, 2.45) is 5.73 Å². The fourth-order valence-electron chi connectivity index (χ4n) is 1.79. The van der Waals surface area contributed by atoms with E-state index in [9.17, 15) is 0 Å². The first-order valence-corrected chi connectivity index (χ1v) is 5.65. The van der Waals surface area contributed by atoms with Gasteiger partial charge in [0, 0.05) is 25.3 Å². The summed E-state index contributed by atoms with van der Waals surface area (Å²) in [5.74, 6) is 0. The molecule has 0 radical (unpaired) electrons. The topological polar surface area (TPSA) is 42.2 Å². The van der Waals surface area contributed by atoms with Crippen LogP contribution in [0.3, 0.4) is 0 Å². The highest BCUT2D eigenvalue weighted by molar-refractivity contribution is 5.51. The van der Waals surface area contributed by atoms with Gasteiger partial charge < -0.3 is 10.6 Å². The summed E-state index contributed by atoms with van der Waals surface area (Å²) < 4.78 is 0. The van der Waals surface area contributed by atoms with E-state index in [-0.39, 0.29) is 0 Å². The molecule has 2 N–H and O–H groups in total. The van der Waals surface area contributed by atoms with Crippen molar-refractivity contribution in [1.29, 1.82) is 0 Å². The Morgan fingerprint density at radius 3 is 2.73 bits per heavy atom. The first-order valence-electron chi connectivity index (χ1n) is 5.65. The maximum Gasteiger partial charge on any atom is 0.0772 e. The lowest BCUT2D eigenvalue weighted by atomic mass is 10.1.